The van der Waals surface area contributed by atoms with Crippen molar-refractivity contribution in [3.8, 4) is 0 Å². The highest BCUT2D eigenvalue weighted by Crippen LogP contribution is 2.81. The molecule has 5 heteroatoms. The highest BCUT2D eigenvalue weighted by Gasteiger charge is 2.38. The normalized spacial score (nSPS) is 15.5. The molecular weight excluding hydrogens is 180 g/mol. The van der Waals surface area contributed by atoms with Crippen LogP contribution in [0.4, 0.5) is 15.5 Å². The molecule has 0 heterocycles. The zero-order chi connectivity index (χ0) is 8.56. The molecule has 0 atom stereocenters. The van der Waals surface area contributed by atoms with Crippen molar-refractivity contribution in [1.29, 1.82) is 0 Å². The van der Waals surface area contributed by atoms with E-state index in [1.54, 1.807) is 0 Å². The fourth-order valence-corrected chi connectivity index (χ4v) is 1.20. The third-order valence-electron chi connectivity index (χ3n) is 1.09. The molecule has 0 amide bonds. The molecule has 0 aliphatic heterocycles. The Bertz CT molecular complexity index is 241. The molecule has 1 aromatic rings. The summed E-state index contributed by atoms with van der Waals surface area (Å²) in [6.07, 6.45) is 0. The molecule has 0 saturated heterocycles. The lowest BCUT2D eigenvalue weighted by Crippen LogP contribution is -1.89. The minimum Gasteiger partial charge on any atom is -0.123 e. The molecule has 0 N–H and O–H groups in total. The van der Waals surface area contributed by atoms with Gasteiger partial charge in [-0.1, -0.05) is 12.1 Å². The van der Waals surface area contributed by atoms with Gasteiger partial charge >= 0.3 is 0 Å². The SMILES string of the molecule is F[SH](F)(F)(F)c1cc[c]cc1. The van der Waals surface area contributed by atoms with Gasteiger partial charge in [-0.15, -0.1) is 15.5 Å². The van der Waals surface area contributed by atoms with Gasteiger partial charge in [0.15, 0.2) is 10.7 Å². The van der Waals surface area contributed by atoms with E-state index in [0.717, 1.165) is 12.1 Å². The van der Waals surface area contributed by atoms with E-state index in [-0.39, 0.29) is 0 Å². The van der Waals surface area contributed by atoms with Crippen LogP contribution in [-0.2, 0) is 0 Å². The number of rotatable bonds is 1. The quantitative estimate of drug-likeness (QED) is 0.502. The van der Waals surface area contributed by atoms with Gasteiger partial charge < -0.3 is 0 Å². The van der Waals surface area contributed by atoms with Crippen molar-refractivity contribution in [2.75, 3.05) is 0 Å². The zero-order valence-electron chi connectivity index (χ0n) is 5.27. The summed E-state index contributed by atoms with van der Waals surface area (Å²) in [4.78, 5) is -1.19. The van der Waals surface area contributed by atoms with Crippen LogP contribution in [-0.4, -0.2) is 0 Å². The Hall–Kier alpha value is -0.710. The highest BCUT2D eigenvalue weighted by atomic mass is 32.4. The first-order valence-corrected chi connectivity index (χ1v) is 4.52. The van der Waals surface area contributed by atoms with Crippen molar-refractivity contribution in [2.45, 2.75) is 4.90 Å². The first-order chi connectivity index (χ1) is 4.86. The molecule has 1 rings (SSSR count). The first-order valence-electron chi connectivity index (χ1n) is 2.72. The fourth-order valence-electron chi connectivity index (χ4n) is 0.603. The van der Waals surface area contributed by atoms with Crippen LogP contribution in [0.15, 0.2) is 29.2 Å². The van der Waals surface area contributed by atoms with Crippen LogP contribution in [0.1, 0.15) is 0 Å². The van der Waals surface area contributed by atoms with Crippen LogP contribution >= 0.6 is 10.7 Å². The summed E-state index contributed by atoms with van der Waals surface area (Å²) in [6, 6.07) is 5.81. The third-order valence-corrected chi connectivity index (χ3v) is 2.17. The Morgan fingerprint density at radius 1 is 1.00 bits per heavy atom. The van der Waals surface area contributed by atoms with E-state index in [1.165, 1.54) is 0 Å². The van der Waals surface area contributed by atoms with Crippen LogP contribution in [0.5, 0.6) is 0 Å². The predicted octanol–water partition coefficient (Wildman–Crippen LogP) is 3.46. The maximum absolute atomic E-state index is 11.9. The topological polar surface area (TPSA) is 0 Å². The molecule has 63 valence electrons. The molecule has 0 nitrogen and oxygen atoms in total. The highest BCUT2D eigenvalue weighted by molar-refractivity contribution is 8.33. The van der Waals surface area contributed by atoms with E-state index < -0.39 is 15.6 Å². The van der Waals surface area contributed by atoms with Gasteiger partial charge in [0.25, 0.3) is 0 Å². The van der Waals surface area contributed by atoms with Gasteiger partial charge in [-0.05, 0) is 18.2 Å². The standard InChI is InChI=1S/C6H5F4S/c7-11(8,9,10)6-4-2-1-3-5-6/h2-5,11H. The summed E-state index contributed by atoms with van der Waals surface area (Å²) in [7, 11) is -7.51. The van der Waals surface area contributed by atoms with Crippen molar-refractivity contribution in [1.82, 2.24) is 0 Å². The molecule has 0 saturated carbocycles. The Kier molecular flexibility index (Phi) is 1.63. The number of halogens is 4. The summed E-state index contributed by atoms with van der Waals surface area (Å²) in [6.45, 7) is 0. The van der Waals surface area contributed by atoms with Crippen molar-refractivity contribution >= 4 is 10.7 Å². The van der Waals surface area contributed by atoms with E-state index in [1.807, 2.05) is 0 Å². The van der Waals surface area contributed by atoms with E-state index in [0.29, 0.717) is 12.1 Å². The number of thiol groups is 1. The van der Waals surface area contributed by atoms with Crippen molar-refractivity contribution in [2.24, 2.45) is 0 Å². The number of hydrogen-bond donors (Lipinski definition) is 1. The average Bonchev–Trinajstić information content (AvgIpc) is 1.86. The minimum absolute atomic E-state index is 0.678. The summed E-state index contributed by atoms with van der Waals surface area (Å²) in [5, 5.41) is 0. The molecule has 0 bridgehead atoms. The second-order valence-electron chi connectivity index (χ2n) is 1.98. The lowest BCUT2D eigenvalue weighted by molar-refractivity contribution is 0.495. The average molecular weight is 185 g/mol. The zero-order valence-corrected chi connectivity index (χ0v) is 6.16. The van der Waals surface area contributed by atoms with Crippen molar-refractivity contribution in [3.63, 3.8) is 0 Å². The van der Waals surface area contributed by atoms with Gasteiger partial charge in [0.2, 0.25) is 0 Å². The second kappa shape index (κ2) is 2.14. The first kappa shape index (κ1) is 8.39. The molecule has 0 aliphatic carbocycles. The largest absolute Gasteiger partial charge is 0.179 e. The van der Waals surface area contributed by atoms with Gasteiger partial charge in [-0.25, -0.2) is 0 Å². The van der Waals surface area contributed by atoms with Crippen LogP contribution in [0.2, 0.25) is 0 Å². The second-order valence-corrected chi connectivity index (χ2v) is 3.94. The van der Waals surface area contributed by atoms with Crippen LogP contribution in [0, 0.1) is 6.07 Å². The van der Waals surface area contributed by atoms with Crippen LogP contribution < -0.4 is 0 Å². The maximum Gasteiger partial charge on any atom is 0.179 e. The van der Waals surface area contributed by atoms with Gasteiger partial charge in [0.1, 0.15) is 0 Å². The summed E-state index contributed by atoms with van der Waals surface area (Å²) >= 11 is 0. The molecule has 1 radical (unpaired) electrons. The molecule has 0 fully saturated rings. The molecule has 0 spiro atoms. The van der Waals surface area contributed by atoms with E-state index >= 15 is 0 Å². The van der Waals surface area contributed by atoms with E-state index in [2.05, 4.69) is 6.07 Å². The summed E-state index contributed by atoms with van der Waals surface area (Å²) in [5.41, 5.74) is 0. The van der Waals surface area contributed by atoms with Crippen molar-refractivity contribution in [3.05, 3.63) is 30.3 Å². The van der Waals surface area contributed by atoms with Gasteiger partial charge in [-0.3, -0.25) is 0 Å². The lowest BCUT2D eigenvalue weighted by Gasteiger charge is -2.28. The van der Waals surface area contributed by atoms with E-state index in [4.69, 9.17) is 0 Å². The lowest BCUT2D eigenvalue weighted by atomic mass is 10.4. The minimum atomic E-state index is -7.51. The molecular formula is C6H5F4S. The van der Waals surface area contributed by atoms with Gasteiger partial charge in [0, 0.05) is 0 Å². The third kappa shape index (κ3) is 2.11. The van der Waals surface area contributed by atoms with Crippen molar-refractivity contribution < 1.29 is 15.5 Å². The van der Waals surface area contributed by atoms with E-state index in [9.17, 15) is 15.5 Å². The summed E-state index contributed by atoms with van der Waals surface area (Å²) < 4.78 is 47.7. The van der Waals surface area contributed by atoms with Gasteiger partial charge in [-0.2, -0.15) is 0 Å². The smallest absolute Gasteiger partial charge is 0.123 e. The monoisotopic (exact) mass is 185 g/mol. The molecule has 11 heavy (non-hydrogen) atoms. The Morgan fingerprint density at radius 3 is 1.73 bits per heavy atom. The number of benzene rings is 1. The Morgan fingerprint density at radius 2 is 1.45 bits per heavy atom. The molecule has 0 aromatic heterocycles. The molecule has 0 aliphatic rings. The molecule has 0 unspecified atom stereocenters. The van der Waals surface area contributed by atoms with Crippen LogP contribution in [0.25, 0.3) is 0 Å². The Labute approximate surface area is 62.3 Å². The predicted molar refractivity (Wildman–Crippen MR) is 37.0 cm³/mol. The maximum atomic E-state index is 11.9. The van der Waals surface area contributed by atoms with Gasteiger partial charge in [0.05, 0.1) is 4.90 Å². The van der Waals surface area contributed by atoms with Crippen LogP contribution in [0.3, 0.4) is 0 Å². The number of hydrogen-bond acceptors (Lipinski definition) is 0. The summed E-state index contributed by atoms with van der Waals surface area (Å²) in [5.74, 6) is 0. The molecule has 1 aromatic carbocycles. The fraction of sp³-hybridized carbons (Fsp3) is 0. The Balaban J connectivity index is 3.14.